The minimum atomic E-state index is -1.41. The lowest BCUT2D eigenvalue weighted by molar-refractivity contribution is -0.139. The Labute approximate surface area is 224 Å². The minimum Gasteiger partial charge on any atom is -0.508 e. The van der Waals surface area contributed by atoms with Crippen molar-refractivity contribution in [2.24, 2.45) is 5.92 Å². The fourth-order valence-corrected chi connectivity index (χ4v) is 4.30. The number of likely N-dealkylation sites (tertiary alicyclic amines) is 1. The number of carbonyl (C=O) groups is 5. The fraction of sp³-hybridized carbons (Fsp3) is 0.346. The molecule has 1 fully saturated rings. The van der Waals surface area contributed by atoms with Crippen LogP contribution in [-0.2, 0) is 20.9 Å². The average molecular weight is 545 g/mol. The van der Waals surface area contributed by atoms with Gasteiger partial charge < -0.3 is 31.1 Å². The van der Waals surface area contributed by atoms with Gasteiger partial charge in [-0.2, -0.15) is 0 Å². The molecule has 0 radical (unpaired) electrons. The molecule has 38 heavy (non-hydrogen) atoms. The van der Waals surface area contributed by atoms with E-state index in [1.165, 1.54) is 37.3 Å². The number of nitrogens with zero attached hydrogens (tertiary/aromatic N) is 1. The number of hydrogen-bond donors (Lipinski definition) is 5. The van der Waals surface area contributed by atoms with E-state index in [9.17, 15) is 34.2 Å². The molecule has 1 heterocycles. The quantitative estimate of drug-likeness (QED) is 0.319. The van der Waals surface area contributed by atoms with Gasteiger partial charge in [0.05, 0.1) is 10.6 Å². The van der Waals surface area contributed by atoms with Crippen molar-refractivity contribution in [3.05, 3.63) is 64.2 Å². The Bertz CT molecular complexity index is 1230. The smallest absolute Gasteiger partial charge is 0.328 e. The van der Waals surface area contributed by atoms with Gasteiger partial charge in [-0.1, -0.05) is 23.7 Å². The van der Waals surface area contributed by atoms with Crippen LogP contribution in [0.25, 0.3) is 0 Å². The zero-order chi connectivity index (χ0) is 27.8. The van der Waals surface area contributed by atoms with E-state index in [1.807, 2.05) is 0 Å². The number of nitrogens with one attached hydrogen (secondary N) is 3. The van der Waals surface area contributed by atoms with Crippen LogP contribution in [0.1, 0.15) is 46.0 Å². The topological polar surface area (TPSA) is 165 Å². The first-order chi connectivity index (χ1) is 18.0. The molecule has 1 aliphatic heterocycles. The lowest BCUT2D eigenvalue weighted by atomic mass is 9.96. The first kappa shape index (κ1) is 28.5. The lowest BCUT2D eigenvalue weighted by Crippen LogP contribution is -2.50. The van der Waals surface area contributed by atoms with Crippen LogP contribution >= 0.6 is 11.6 Å². The molecule has 202 valence electrons. The number of carboxylic acid groups (broad SMARTS) is 1. The van der Waals surface area contributed by atoms with Gasteiger partial charge in [0.15, 0.2) is 0 Å². The van der Waals surface area contributed by atoms with E-state index in [-0.39, 0.29) is 52.7 Å². The summed E-state index contributed by atoms with van der Waals surface area (Å²) in [6.07, 6.45) is 0.942. The summed E-state index contributed by atoms with van der Waals surface area (Å²) >= 11 is 6.21. The maximum Gasteiger partial charge on any atom is 0.328 e. The molecule has 2 aromatic rings. The van der Waals surface area contributed by atoms with Gasteiger partial charge in [-0.15, -0.1) is 0 Å². The predicted octanol–water partition coefficient (Wildman–Crippen LogP) is 1.53. The van der Waals surface area contributed by atoms with Crippen molar-refractivity contribution in [3.63, 3.8) is 0 Å². The van der Waals surface area contributed by atoms with Crippen LogP contribution in [0.15, 0.2) is 42.5 Å². The number of amides is 4. The van der Waals surface area contributed by atoms with Gasteiger partial charge in [-0.05, 0) is 48.7 Å². The normalized spacial score (nSPS) is 14.3. The molecule has 0 saturated carbocycles. The van der Waals surface area contributed by atoms with E-state index in [0.717, 1.165) is 0 Å². The number of carboxylic acids is 1. The van der Waals surface area contributed by atoms with Crippen molar-refractivity contribution in [1.82, 2.24) is 20.9 Å². The number of hydrogen-bond acceptors (Lipinski definition) is 6. The standard InChI is InChI=1S/C26H29ClN4O7/c1-15(32)31-9-7-17(8-10-31)23(34)29-14-22(26(37)38)30-25(36)20-6-5-18(12-21(20)27)24(35)28-13-16-3-2-4-19(33)11-16/h2-6,11-12,17,22,33H,7-10,13-14H2,1H3,(H,28,35)(H,29,34)(H,30,36)(H,37,38)/t22-/m0/s1. The summed E-state index contributed by atoms with van der Waals surface area (Å²) in [5.74, 6) is -3.25. The second-order valence-electron chi connectivity index (χ2n) is 8.94. The predicted molar refractivity (Wildman–Crippen MR) is 138 cm³/mol. The van der Waals surface area contributed by atoms with Gasteiger partial charge in [0, 0.05) is 44.6 Å². The molecule has 2 aromatic carbocycles. The van der Waals surface area contributed by atoms with E-state index >= 15 is 0 Å². The summed E-state index contributed by atoms with van der Waals surface area (Å²) in [4.78, 5) is 62.5. The van der Waals surface area contributed by atoms with Crippen molar-refractivity contribution in [2.75, 3.05) is 19.6 Å². The maximum atomic E-state index is 12.7. The zero-order valence-electron chi connectivity index (χ0n) is 20.7. The van der Waals surface area contributed by atoms with E-state index < -0.39 is 23.8 Å². The van der Waals surface area contributed by atoms with E-state index in [4.69, 9.17) is 11.6 Å². The third-order valence-electron chi connectivity index (χ3n) is 6.23. The molecule has 1 atom stereocenters. The molecular formula is C26H29ClN4O7. The number of benzene rings is 2. The zero-order valence-corrected chi connectivity index (χ0v) is 21.5. The Morgan fingerprint density at radius 2 is 1.74 bits per heavy atom. The van der Waals surface area contributed by atoms with Crippen LogP contribution in [0, 0.1) is 5.92 Å². The molecule has 0 bridgehead atoms. The van der Waals surface area contributed by atoms with Crippen molar-refractivity contribution in [2.45, 2.75) is 32.4 Å². The molecule has 0 aliphatic carbocycles. The van der Waals surface area contributed by atoms with Crippen LogP contribution < -0.4 is 16.0 Å². The number of piperidine rings is 1. The summed E-state index contributed by atoms with van der Waals surface area (Å²) < 4.78 is 0. The van der Waals surface area contributed by atoms with Gasteiger partial charge in [-0.3, -0.25) is 19.2 Å². The number of carbonyl (C=O) groups excluding carboxylic acids is 4. The summed E-state index contributed by atoms with van der Waals surface area (Å²) in [6.45, 7) is 2.20. The Morgan fingerprint density at radius 1 is 1.03 bits per heavy atom. The summed E-state index contributed by atoms with van der Waals surface area (Å²) in [5, 5.41) is 26.6. The van der Waals surface area contributed by atoms with Crippen LogP contribution in [0.2, 0.25) is 5.02 Å². The van der Waals surface area contributed by atoms with Crippen LogP contribution in [0.5, 0.6) is 5.75 Å². The highest BCUT2D eigenvalue weighted by Crippen LogP contribution is 2.19. The van der Waals surface area contributed by atoms with Crippen molar-refractivity contribution >= 4 is 41.2 Å². The van der Waals surface area contributed by atoms with Crippen molar-refractivity contribution < 1.29 is 34.2 Å². The lowest BCUT2D eigenvalue weighted by Gasteiger charge is -2.30. The Hall–Kier alpha value is -4.12. The van der Waals surface area contributed by atoms with Gasteiger partial charge in [0.2, 0.25) is 11.8 Å². The fourth-order valence-electron chi connectivity index (χ4n) is 4.03. The Kier molecular flexibility index (Phi) is 9.66. The number of rotatable bonds is 9. The minimum absolute atomic E-state index is 0.0367. The highest BCUT2D eigenvalue weighted by atomic mass is 35.5. The Balaban J connectivity index is 1.54. The SMILES string of the molecule is CC(=O)N1CCC(C(=O)NC[C@H](NC(=O)c2ccc(C(=O)NCc3cccc(O)c3)cc2Cl)C(=O)O)CC1. The second kappa shape index (κ2) is 12.9. The van der Waals surface area contributed by atoms with Gasteiger partial charge in [0.25, 0.3) is 11.8 Å². The third-order valence-corrected chi connectivity index (χ3v) is 6.55. The van der Waals surface area contributed by atoms with E-state index in [0.29, 0.717) is 31.5 Å². The molecule has 5 N–H and O–H groups in total. The molecule has 4 amide bonds. The molecule has 1 saturated heterocycles. The molecule has 0 aromatic heterocycles. The van der Waals surface area contributed by atoms with Gasteiger partial charge in [0.1, 0.15) is 11.8 Å². The maximum absolute atomic E-state index is 12.7. The van der Waals surface area contributed by atoms with Crippen molar-refractivity contribution in [1.29, 1.82) is 0 Å². The molecule has 0 unspecified atom stereocenters. The summed E-state index contributed by atoms with van der Waals surface area (Å²) in [7, 11) is 0. The Morgan fingerprint density at radius 3 is 2.34 bits per heavy atom. The highest BCUT2D eigenvalue weighted by Gasteiger charge is 2.28. The van der Waals surface area contributed by atoms with Crippen molar-refractivity contribution in [3.8, 4) is 5.75 Å². The monoisotopic (exact) mass is 544 g/mol. The van der Waals surface area contributed by atoms with Crippen LogP contribution in [-0.4, -0.2) is 70.4 Å². The average Bonchev–Trinajstić information content (AvgIpc) is 2.89. The van der Waals surface area contributed by atoms with Gasteiger partial charge in [-0.25, -0.2) is 4.79 Å². The van der Waals surface area contributed by atoms with Crippen LogP contribution in [0.3, 0.4) is 0 Å². The largest absolute Gasteiger partial charge is 0.508 e. The number of halogens is 1. The third kappa shape index (κ3) is 7.69. The number of aliphatic carboxylic acids is 1. The second-order valence-corrected chi connectivity index (χ2v) is 9.34. The highest BCUT2D eigenvalue weighted by molar-refractivity contribution is 6.34. The molecule has 3 rings (SSSR count). The van der Waals surface area contributed by atoms with Gasteiger partial charge >= 0.3 is 5.97 Å². The molecule has 12 heteroatoms. The molecule has 11 nitrogen and oxygen atoms in total. The summed E-state index contributed by atoms with van der Waals surface area (Å²) in [5.41, 5.74) is 0.837. The summed E-state index contributed by atoms with van der Waals surface area (Å²) in [6, 6.07) is 8.97. The van der Waals surface area contributed by atoms with E-state index in [1.54, 1.807) is 17.0 Å². The van der Waals surface area contributed by atoms with Crippen LogP contribution in [0.4, 0.5) is 0 Å². The molecule has 0 spiro atoms. The number of phenols is 1. The number of aromatic hydroxyl groups is 1. The number of phenolic OH excluding ortho intramolecular Hbond substituents is 1. The molecular weight excluding hydrogens is 516 g/mol. The first-order valence-corrected chi connectivity index (χ1v) is 12.4. The molecule has 1 aliphatic rings. The first-order valence-electron chi connectivity index (χ1n) is 12.0. The van der Waals surface area contributed by atoms with E-state index in [2.05, 4.69) is 16.0 Å².